The predicted octanol–water partition coefficient (Wildman–Crippen LogP) is 0.869. The minimum absolute atomic E-state index is 0.370. The zero-order chi connectivity index (χ0) is 13.9. The second-order valence-corrected chi connectivity index (χ2v) is 5.11. The molecule has 20 heavy (non-hydrogen) atoms. The summed E-state index contributed by atoms with van der Waals surface area (Å²) < 4.78 is 5.32. The van der Waals surface area contributed by atoms with Crippen LogP contribution >= 0.6 is 0 Å². The fourth-order valence-electron chi connectivity index (χ4n) is 2.29. The molecule has 0 aliphatic carbocycles. The minimum Gasteiger partial charge on any atom is -0.336 e. The Morgan fingerprint density at radius 2 is 1.85 bits per heavy atom. The largest absolute Gasteiger partial charge is 0.336 e. The lowest BCUT2D eigenvalue weighted by Gasteiger charge is -2.31. The Bertz CT molecular complexity index is 548. The highest BCUT2D eigenvalue weighted by Gasteiger charge is 2.22. The van der Waals surface area contributed by atoms with Crippen molar-refractivity contribution in [2.24, 2.45) is 5.73 Å². The number of hydrogen-bond donors (Lipinski definition) is 1. The smallest absolute Gasteiger partial charge is 0.266 e. The molecule has 3 rings (SSSR count). The van der Waals surface area contributed by atoms with E-state index in [-0.39, 0.29) is 6.04 Å². The molecule has 2 aromatic rings. The van der Waals surface area contributed by atoms with Crippen LogP contribution in [0.1, 0.15) is 17.5 Å². The molecule has 0 spiro atoms. The molecule has 1 aromatic carbocycles. The summed E-state index contributed by atoms with van der Waals surface area (Å²) >= 11 is 0. The number of rotatable bonds is 3. The molecule has 0 saturated carbocycles. The van der Waals surface area contributed by atoms with E-state index in [0.29, 0.717) is 11.8 Å². The molecule has 0 amide bonds. The van der Waals surface area contributed by atoms with Gasteiger partial charge in [0.05, 0.1) is 0 Å². The Morgan fingerprint density at radius 1 is 1.15 bits per heavy atom. The van der Waals surface area contributed by atoms with Crippen LogP contribution in [0.3, 0.4) is 0 Å². The summed E-state index contributed by atoms with van der Waals surface area (Å²) in [5, 5.41) is 4.05. The third-order valence-electron chi connectivity index (χ3n) is 3.64. The third-order valence-corrected chi connectivity index (χ3v) is 3.64. The summed E-state index contributed by atoms with van der Waals surface area (Å²) in [6, 6.07) is 9.42. The van der Waals surface area contributed by atoms with Gasteiger partial charge >= 0.3 is 0 Å². The van der Waals surface area contributed by atoms with Gasteiger partial charge in [-0.15, -0.1) is 0 Å². The monoisotopic (exact) mass is 273 g/mol. The minimum atomic E-state index is -0.370. The van der Waals surface area contributed by atoms with Gasteiger partial charge in [-0.25, -0.2) is 0 Å². The van der Waals surface area contributed by atoms with Crippen LogP contribution in [0.25, 0.3) is 0 Å². The molecule has 1 aliphatic heterocycles. The topological polar surface area (TPSA) is 71.4 Å². The number of piperazine rings is 1. The maximum Gasteiger partial charge on any atom is 0.266 e. The summed E-state index contributed by atoms with van der Waals surface area (Å²) in [5.74, 6) is 1.10. The van der Waals surface area contributed by atoms with Crippen molar-refractivity contribution in [1.29, 1.82) is 0 Å². The first-order valence-corrected chi connectivity index (χ1v) is 6.81. The number of anilines is 1. The van der Waals surface area contributed by atoms with Gasteiger partial charge in [-0.2, -0.15) is 4.98 Å². The summed E-state index contributed by atoms with van der Waals surface area (Å²) in [7, 11) is 2.12. The Labute approximate surface area is 118 Å². The lowest BCUT2D eigenvalue weighted by Crippen LogP contribution is -2.44. The number of nitrogens with zero attached hydrogens (tertiary/aromatic N) is 4. The van der Waals surface area contributed by atoms with Gasteiger partial charge in [0, 0.05) is 26.2 Å². The first kappa shape index (κ1) is 13.1. The molecule has 1 aliphatic rings. The van der Waals surface area contributed by atoms with E-state index >= 15 is 0 Å². The average molecular weight is 273 g/mol. The lowest BCUT2D eigenvalue weighted by molar-refractivity contribution is 0.308. The molecule has 0 bridgehead atoms. The first-order chi connectivity index (χ1) is 9.74. The van der Waals surface area contributed by atoms with E-state index < -0.39 is 0 Å². The number of aromatic nitrogens is 2. The number of nitrogens with two attached hydrogens (primary N) is 1. The Hall–Kier alpha value is -1.92. The van der Waals surface area contributed by atoms with Gasteiger partial charge in [-0.05, 0) is 17.8 Å². The van der Waals surface area contributed by atoms with Crippen LogP contribution in [0.4, 0.5) is 5.95 Å². The molecule has 106 valence electrons. The number of benzene rings is 1. The van der Waals surface area contributed by atoms with Crippen molar-refractivity contribution in [2.45, 2.75) is 6.04 Å². The van der Waals surface area contributed by atoms with Crippen LogP contribution in [-0.2, 0) is 0 Å². The molecule has 1 saturated heterocycles. The normalized spacial score (nSPS) is 18.2. The van der Waals surface area contributed by atoms with Crippen molar-refractivity contribution < 1.29 is 4.52 Å². The van der Waals surface area contributed by atoms with E-state index in [9.17, 15) is 0 Å². The zero-order valence-electron chi connectivity index (χ0n) is 11.6. The van der Waals surface area contributed by atoms with Gasteiger partial charge in [0.15, 0.2) is 0 Å². The molecule has 1 fully saturated rings. The molecule has 0 radical (unpaired) electrons. The van der Waals surface area contributed by atoms with Gasteiger partial charge in [0.25, 0.3) is 5.95 Å². The number of hydrogen-bond acceptors (Lipinski definition) is 6. The molecule has 1 aromatic heterocycles. The Kier molecular flexibility index (Phi) is 3.66. The number of likely N-dealkylation sites (N-methyl/N-ethyl adjacent to an activating group) is 1. The average Bonchev–Trinajstić information content (AvgIpc) is 2.98. The van der Waals surface area contributed by atoms with Crippen LogP contribution in [0.5, 0.6) is 0 Å². The van der Waals surface area contributed by atoms with Crippen molar-refractivity contribution in [3.63, 3.8) is 0 Å². The third kappa shape index (κ3) is 2.66. The highest BCUT2D eigenvalue weighted by atomic mass is 16.5. The van der Waals surface area contributed by atoms with Gasteiger partial charge in [-0.3, -0.25) is 0 Å². The highest BCUT2D eigenvalue weighted by molar-refractivity contribution is 5.31. The Morgan fingerprint density at radius 3 is 2.55 bits per heavy atom. The van der Waals surface area contributed by atoms with Gasteiger partial charge in [-0.1, -0.05) is 30.3 Å². The molecule has 1 unspecified atom stereocenters. The molecular formula is C14H19N5O. The first-order valence-electron chi connectivity index (χ1n) is 6.81. The maximum atomic E-state index is 6.16. The molecule has 1 atom stereocenters. The maximum absolute atomic E-state index is 6.16. The van der Waals surface area contributed by atoms with Crippen LogP contribution < -0.4 is 10.6 Å². The van der Waals surface area contributed by atoms with Crippen molar-refractivity contribution in [3.8, 4) is 0 Å². The van der Waals surface area contributed by atoms with E-state index in [0.717, 1.165) is 31.7 Å². The van der Waals surface area contributed by atoms with Gasteiger partial charge < -0.3 is 20.1 Å². The fraction of sp³-hybridized carbons (Fsp3) is 0.429. The van der Waals surface area contributed by atoms with Crippen LogP contribution in [0.2, 0.25) is 0 Å². The van der Waals surface area contributed by atoms with Gasteiger partial charge in [0.2, 0.25) is 5.89 Å². The van der Waals surface area contributed by atoms with Gasteiger partial charge in [0.1, 0.15) is 6.04 Å². The van der Waals surface area contributed by atoms with Crippen LogP contribution in [0.15, 0.2) is 34.9 Å². The van der Waals surface area contributed by atoms with E-state index in [4.69, 9.17) is 10.3 Å². The van der Waals surface area contributed by atoms with E-state index in [1.807, 2.05) is 30.3 Å². The van der Waals surface area contributed by atoms with E-state index in [2.05, 4.69) is 27.0 Å². The Balaban J connectivity index is 1.73. The van der Waals surface area contributed by atoms with Crippen LogP contribution in [-0.4, -0.2) is 48.3 Å². The van der Waals surface area contributed by atoms with E-state index in [1.54, 1.807) is 0 Å². The second kappa shape index (κ2) is 5.60. The van der Waals surface area contributed by atoms with Crippen molar-refractivity contribution in [3.05, 3.63) is 41.8 Å². The molecule has 2 N–H and O–H groups in total. The summed E-state index contributed by atoms with van der Waals surface area (Å²) in [4.78, 5) is 8.85. The van der Waals surface area contributed by atoms with Crippen LogP contribution in [0, 0.1) is 0 Å². The van der Waals surface area contributed by atoms with Crippen molar-refractivity contribution in [1.82, 2.24) is 15.0 Å². The summed E-state index contributed by atoms with van der Waals surface area (Å²) in [6.07, 6.45) is 0. The highest BCUT2D eigenvalue weighted by Crippen LogP contribution is 2.20. The summed E-state index contributed by atoms with van der Waals surface area (Å²) in [5.41, 5.74) is 7.13. The second-order valence-electron chi connectivity index (χ2n) is 5.11. The van der Waals surface area contributed by atoms with E-state index in [1.165, 1.54) is 0 Å². The molecule has 2 heterocycles. The fourth-order valence-corrected chi connectivity index (χ4v) is 2.29. The summed E-state index contributed by atoms with van der Waals surface area (Å²) in [6.45, 7) is 3.84. The predicted molar refractivity (Wildman–Crippen MR) is 76.5 cm³/mol. The molecular weight excluding hydrogens is 254 g/mol. The zero-order valence-corrected chi connectivity index (χ0v) is 11.6. The molecule has 6 nitrogen and oxygen atoms in total. The standard InChI is InChI=1S/C14H19N5O/c1-18-7-9-19(10-8-18)14-16-13(20-17-14)12(15)11-5-3-2-4-6-11/h2-6,12H,7-10,15H2,1H3. The SMILES string of the molecule is CN1CCN(c2noc(C(N)c3ccccc3)n2)CC1. The van der Waals surface area contributed by atoms with Crippen molar-refractivity contribution >= 4 is 5.95 Å². The quantitative estimate of drug-likeness (QED) is 0.894. The van der Waals surface area contributed by atoms with Crippen molar-refractivity contribution in [2.75, 3.05) is 38.1 Å². The molecule has 6 heteroatoms. The lowest BCUT2D eigenvalue weighted by atomic mass is 10.1.